The molecule has 0 aliphatic carbocycles. The Morgan fingerprint density at radius 1 is 0.818 bits per heavy atom. The van der Waals surface area contributed by atoms with Gasteiger partial charge < -0.3 is 29.7 Å². The molecular weight excluding hydrogens is 977 g/mol. The predicted octanol–water partition coefficient (Wildman–Crippen LogP) is 10.6. The van der Waals surface area contributed by atoms with Crippen molar-refractivity contribution in [3.63, 3.8) is 0 Å². The fourth-order valence-electron chi connectivity index (χ4n) is 9.89. The van der Waals surface area contributed by atoms with Crippen molar-refractivity contribution >= 4 is 29.5 Å². The number of non-ortho nitro benzene ring substituents is 1. The Bertz CT molecular complexity index is 2990. The van der Waals surface area contributed by atoms with E-state index in [4.69, 9.17) is 9.47 Å². The molecule has 2 atom stereocenters. The van der Waals surface area contributed by atoms with Gasteiger partial charge in [-0.25, -0.2) is 14.4 Å². The number of rotatable bonds is 22. The van der Waals surface area contributed by atoms with Crippen molar-refractivity contribution < 1.29 is 38.7 Å². The van der Waals surface area contributed by atoms with Crippen LogP contribution < -0.4 is 5.32 Å². The summed E-state index contributed by atoms with van der Waals surface area (Å²) in [5, 5.41) is 38.7. The van der Waals surface area contributed by atoms with Crippen molar-refractivity contribution in [3.05, 3.63) is 188 Å². The van der Waals surface area contributed by atoms with Crippen molar-refractivity contribution in [2.24, 2.45) is 5.92 Å². The molecule has 2 heterocycles. The van der Waals surface area contributed by atoms with Gasteiger partial charge in [0, 0.05) is 54.5 Å². The number of carbonyl (C=O) groups is 4. The van der Waals surface area contributed by atoms with Crippen LogP contribution in [0.1, 0.15) is 108 Å². The van der Waals surface area contributed by atoms with Crippen molar-refractivity contribution in [3.8, 4) is 22.5 Å². The topological polar surface area (TPSA) is 223 Å². The lowest BCUT2D eigenvalue weighted by Crippen LogP contribution is -2.47. The van der Waals surface area contributed by atoms with Crippen LogP contribution in [-0.2, 0) is 35.2 Å². The molecule has 0 fully saturated rings. The summed E-state index contributed by atoms with van der Waals surface area (Å²) >= 11 is 0. The third-order valence-electron chi connectivity index (χ3n) is 13.4. The largest absolute Gasteiger partial charge is 0.480 e. The smallest absolute Gasteiger partial charge is 0.337 e. The maximum absolute atomic E-state index is 14.0. The number of esters is 2. The zero-order valence-corrected chi connectivity index (χ0v) is 45.4. The van der Waals surface area contributed by atoms with E-state index in [-0.39, 0.29) is 41.1 Å². The number of methoxy groups -OCH3 is 1. The van der Waals surface area contributed by atoms with Crippen LogP contribution in [0.2, 0.25) is 0 Å². The summed E-state index contributed by atoms with van der Waals surface area (Å²) in [4.78, 5) is 66.5. The highest BCUT2D eigenvalue weighted by Gasteiger charge is 2.40. The summed E-state index contributed by atoms with van der Waals surface area (Å²) in [6, 6.07) is 41.5. The molecule has 17 nitrogen and oxygen atoms in total. The standard InChI is InChI=1S/C36H41N3O6.C24H29N5O3/c1-24-31(34(40)44-6)33(28-18-13-19-29(22-28)39(42)43)32(25(2)37-24)35(41)45-36(3,4)23-38(5)21-20-30(26-14-9-7-10-15-26)27-16-11-8-12-17-27;1-4-5-10-21(30)29(22(16(2)3)24(31)32)15-17-11-13-18(14-12-17)19-8-6-7-9-20(19)23-25-27-28-26-23/h7-19,22,30,33,37H,20-21,23H2,1-6H3;6-9,11-14,16,22H,4-5,10,15H2,1-3H3,(H,31,32)(H,25,26,27,28)/t;22-/m.0/s1. The second kappa shape index (κ2) is 27.0. The number of nitro groups is 1. The Balaban J connectivity index is 0.000000264. The molecular formula is C60H70N8O9. The Morgan fingerprint density at radius 3 is 1.96 bits per heavy atom. The molecule has 0 spiro atoms. The van der Waals surface area contributed by atoms with E-state index < -0.39 is 40.4 Å². The normalized spacial score (nSPS) is 13.9. The summed E-state index contributed by atoms with van der Waals surface area (Å²) in [6.45, 7) is 14.3. The van der Waals surface area contributed by atoms with Crippen LogP contribution in [0.25, 0.3) is 22.5 Å². The van der Waals surface area contributed by atoms with Gasteiger partial charge in [-0.15, -0.1) is 10.2 Å². The van der Waals surface area contributed by atoms with Gasteiger partial charge >= 0.3 is 17.9 Å². The fraction of sp³-hybridized carbons (Fsp3) is 0.350. The molecule has 1 aliphatic heterocycles. The van der Waals surface area contributed by atoms with Gasteiger partial charge in [-0.2, -0.15) is 5.21 Å². The second-order valence-corrected chi connectivity index (χ2v) is 20.2. The fourth-order valence-corrected chi connectivity index (χ4v) is 9.89. The lowest BCUT2D eigenvalue weighted by atomic mass is 9.80. The van der Waals surface area contributed by atoms with Crippen LogP contribution in [0, 0.1) is 16.0 Å². The van der Waals surface area contributed by atoms with E-state index in [1.807, 2.05) is 102 Å². The van der Waals surface area contributed by atoms with Gasteiger partial charge in [0.25, 0.3) is 5.69 Å². The van der Waals surface area contributed by atoms with Gasteiger partial charge in [0.2, 0.25) is 11.7 Å². The number of nitro benzene ring substituents is 1. The number of nitrogens with zero attached hydrogens (tertiary/aromatic N) is 6. The Morgan fingerprint density at radius 2 is 1.42 bits per heavy atom. The van der Waals surface area contributed by atoms with Gasteiger partial charge in [0.1, 0.15) is 11.6 Å². The predicted molar refractivity (Wildman–Crippen MR) is 295 cm³/mol. The molecule has 5 aromatic carbocycles. The van der Waals surface area contributed by atoms with E-state index in [0.717, 1.165) is 48.1 Å². The van der Waals surface area contributed by atoms with Crippen LogP contribution >= 0.6 is 0 Å². The Labute approximate surface area is 450 Å². The highest BCUT2D eigenvalue weighted by molar-refractivity contribution is 6.00. The number of benzene rings is 5. The molecule has 0 saturated carbocycles. The third kappa shape index (κ3) is 15.2. The number of carboxylic acid groups (broad SMARTS) is 1. The summed E-state index contributed by atoms with van der Waals surface area (Å²) in [6.07, 6.45) is 2.84. The van der Waals surface area contributed by atoms with Crippen molar-refractivity contribution in [2.45, 2.75) is 104 Å². The van der Waals surface area contributed by atoms with E-state index in [1.54, 1.807) is 19.9 Å². The lowest BCUT2D eigenvalue weighted by Gasteiger charge is -2.34. The number of aromatic nitrogens is 4. The number of tetrazole rings is 1. The van der Waals surface area contributed by atoms with Crippen LogP contribution in [-0.4, -0.2) is 103 Å². The Kier molecular flexibility index (Phi) is 20.3. The molecule has 0 radical (unpaired) electrons. The number of carbonyl (C=O) groups excluding carboxylic acids is 3. The van der Waals surface area contributed by atoms with Crippen LogP contribution in [0.3, 0.4) is 0 Å². The Hall–Kier alpha value is -8.31. The van der Waals surface area contributed by atoms with Crippen LogP contribution in [0.15, 0.2) is 156 Å². The maximum Gasteiger partial charge on any atom is 0.337 e. The molecule has 7 rings (SSSR count). The number of unbranched alkanes of at least 4 members (excludes halogenated alkanes) is 1. The van der Waals surface area contributed by atoms with E-state index in [0.29, 0.717) is 35.7 Å². The number of dihydropyridines is 1. The number of aromatic amines is 1. The van der Waals surface area contributed by atoms with Gasteiger partial charge in [-0.3, -0.25) is 14.9 Å². The maximum atomic E-state index is 14.0. The first-order valence-corrected chi connectivity index (χ1v) is 25.8. The number of ether oxygens (including phenoxy) is 2. The molecule has 1 unspecified atom stereocenters. The zero-order valence-electron chi connectivity index (χ0n) is 45.4. The number of carboxylic acids is 1. The number of nitrogens with one attached hydrogen (secondary N) is 2. The summed E-state index contributed by atoms with van der Waals surface area (Å²) in [5.41, 5.74) is 6.91. The van der Waals surface area contributed by atoms with Gasteiger partial charge in [-0.1, -0.05) is 149 Å². The van der Waals surface area contributed by atoms with Crippen LogP contribution in [0.4, 0.5) is 5.69 Å². The van der Waals surface area contributed by atoms with E-state index in [2.05, 4.69) is 79.4 Å². The molecule has 404 valence electrons. The molecule has 0 saturated heterocycles. The monoisotopic (exact) mass is 1050 g/mol. The number of hydrogen-bond donors (Lipinski definition) is 3. The number of hydrogen-bond acceptors (Lipinski definition) is 13. The van der Waals surface area contributed by atoms with Gasteiger partial charge in [-0.05, 0) is 98.6 Å². The lowest BCUT2D eigenvalue weighted by molar-refractivity contribution is -0.384. The molecule has 1 aromatic heterocycles. The average molecular weight is 1050 g/mol. The van der Waals surface area contributed by atoms with Crippen LogP contribution in [0.5, 0.6) is 0 Å². The molecule has 1 aliphatic rings. The molecule has 3 N–H and O–H groups in total. The minimum absolute atomic E-state index is 0.125. The minimum atomic E-state index is -0.976. The number of allylic oxidation sites excluding steroid dienone is 2. The molecule has 6 aromatic rings. The molecule has 1 amide bonds. The highest BCUT2D eigenvalue weighted by Crippen LogP contribution is 2.41. The second-order valence-electron chi connectivity index (χ2n) is 20.2. The summed E-state index contributed by atoms with van der Waals surface area (Å²) in [7, 11) is 3.26. The third-order valence-corrected chi connectivity index (χ3v) is 13.4. The first-order valence-electron chi connectivity index (χ1n) is 25.8. The van der Waals surface area contributed by atoms with Gasteiger partial charge in [0.05, 0.1) is 29.1 Å². The van der Waals surface area contributed by atoms with Crippen molar-refractivity contribution in [2.75, 3.05) is 27.2 Å². The van der Waals surface area contributed by atoms with E-state index >= 15 is 0 Å². The van der Waals surface area contributed by atoms with Crippen molar-refractivity contribution in [1.82, 2.24) is 35.7 Å². The number of H-pyrrole nitrogens is 1. The number of aliphatic carboxylic acids is 1. The molecule has 0 bridgehead atoms. The first kappa shape index (κ1) is 58.0. The SMILES string of the molecule is CCCCC(=O)N(Cc1ccc(-c2ccccc2-c2nn[nH]n2)cc1)[C@H](C(=O)O)C(C)C.COC(=O)C1=C(C)NC(C)=C(C(=O)OC(C)(C)CN(C)CCC(c2ccccc2)c2ccccc2)C1c1cccc([N+](=O)[O-])c1. The van der Waals surface area contributed by atoms with Crippen molar-refractivity contribution in [1.29, 1.82) is 0 Å². The summed E-state index contributed by atoms with van der Waals surface area (Å²) in [5.74, 6) is -2.75. The number of amides is 1. The highest BCUT2D eigenvalue weighted by atomic mass is 16.6. The zero-order chi connectivity index (χ0) is 55.8. The first-order chi connectivity index (χ1) is 36.8. The number of likely N-dealkylation sites (N-methyl/N-ethyl adjacent to an activating group) is 1. The molecule has 17 heteroatoms. The average Bonchev–Trinajstić information content (AvgIpc) is 3.97. The molecule has 77 heavy (non-hydrogen) atoms. The van der Waals surface area contributed by atoms with Gasteiger partial charge in [0.15, 0.2) is 0 Å². The minimum Gasteiger partial charge on any atom is -0.480 e. The van der Waals surface area contributed by atoms with E-state index in [1.165, 1.54) is 41.3 Å². The van der Waals surface area contributed by atoms with E-state index in [9.17, 15) is 34.4 Å². The summed E-state index contributed by atoms with van der Waals surface area (Å²) < 4.78 is 11.2. The quantitative estimate of drug-likeness (QED) is 0.0327.